The van der Waals surface area contributed by atoms with E-state index in [1.165, 1.54) is 44.5 Å². The average Bonchev–Trinajstić information content (AvgIpc) is 3.25. The summed E-state index contributed by atoms with van der Waals surface area (Å²) >= 11 is 0. The summed E-state index contributed by atoms with van der Waals surface area (Å²) < 4.78 is 0. The molecule has 0 saturated heterocycles. The Balaban J connectivity index is 0.000000198. The molecule has 3 aromatic carbocycles. The van der Waals surface area contributed by atoms with Gasteiger partial charge in [-0.3, -0.25) is 4.98 Å². The number of benzene rings is 3. The first-order valence-corrected chi connectivity index (χ1v) is 17.9. The minimum absolute atomic E-state index is 0. The Kier molecular flexibility index (Phi) is 9.60. The van der Waals surface area contributed by atoms with Crippen molar-refractivity contribution in [3.8, 4) is 33.6 Å². The van der Waals surface area contributed by atoms with Crippen LogP contribution in [-0.2, 0) is 41.8 Å². The number of aromatic nitrogens is 2. The van der Waals surface area contributed by atoms with Gasteiger partial charge in [0.25, 0.3) is 0 Å². The zero-order valence-corrected chi connectivity index (χ0v) is 34.9. The second-order valence-electron chi connectivity index (χ2n) is 17.6. The summed E-state index contributed by atoms with van der Waals surface area (Å²) in [6.07, 6.45) is 3.86. The van der Waals surface area contributed by atoms with Crippen molar-refractivity contribution in [2.45, 2.75) is 112 Å². The van der Waals surface area contributed by atoms with Gasteiger partial charge >= 0.3 is 0 Å². The van der Waals surface area contributed by atoms with Gasteiger partial charge in [-0.2, -0.15) is 0 Å². The standard InChI is InChI=1S/C27H31N.C20H24N.Ir/c1-18-15-24(28-17-21(18)19-11-9-8-10-12-19)20-13-14-22-23(16-20)26(4,5)27(6,7)25(22,2)3;1-18(2)15-11-10-14(17-9-7-8-12-21-17)13-16(15)19(3,4)20(18,5)6;/h8-17H,1-7H3;7-9,11-13H,1-6H3;/q;-1;. The van der Waals surface area contributed by atoms with Gasteiger partial charge in [-0.1, -0.05) is 138 Å². The molecule has 2 aliphatic carbocycles. The molecule has 0 aliphatic heterocycles. The van der Waals surface area contributed by atoms with Crippen LogP contribution in [0.5, 0.6) is 0 Å². The fourth-order valence-corrected chi connectivity index (χ4v) is 8.50. The van der Waals surface area contributed by atoms with Gasteiger partial charge in [0.1, 0.15) is 0 Å². The molecule has 0 unspecified atom stereocenters. The minimum Gasteiger partial charge on any atom is -0.305 e. The third-order valence-electron chi connectivity index (χ3n) is 14.3. The molecule has 50 heavy (non-hydrogen) atoms. The molecule has 0 amide bonds. The number of fused-ring (bicyclic) bond motifs is 2. The van der Waals surface area contributed by atoms with Gasteiger partial charge in [0.2, 0.25) is 0 Å². The van der Waals surface area contributed by atoms with Crippen molar-refractivity contribution in [2.24, 2.45) is 10.8 Å². The van der Waals surface area contributed by atoms with E-state index in [0.717, 1.165) is 17.0 Å². The van der Waals surface area contributed by atoms with Gasteiger partial charge in [-0.25, -0.2) is 0 Å². The van der Waals surface area contributed by atoms with Crippen molar-refractivity contribution in [1.29, 1.82) is 0 Å². The van der Waals surface area contributed by atoms with Crippen molar-refractivity contribution in [2.75, 3.05) is 0 Å². The van der Waals surface area contributed by atoms with Gasteiger partial charge in [0, 0.05) is 43.6 Å². The molecule has 0 bridgehead atoms. The van der Waals surface area contributed by atoms with Crippen LogP contribution in [0.25, 0.3) is 33.6 Å². The van der Waals surface area contributed by atoms with E-state index in [9.17, 15) is 0 Å². The van der Waals surface area contributed by atoms with E-state index >= 15 is 0 Å². The molecular formula is C47H55IrN2-. The van der Waals surface area contributed by atoms with Crippen LogP contribution in [0, 0.1) is 23.8 Å². The molecule has 0 spiro atoms. The molecule has 2 aliphatic rings. The van der Waals surface area contributed by atoms with E-state index in [1.807, 2.05) is 24.5 Å². The van der Waals surface area contributed by atoms with Crippen LogP contribution in [0.15, 0.2) is 97.3 Å². The molecule has 7 rings (SSSR count). The van der Waals surface area contributed by atoms with Crippen LogP contribution in [0.4, 0.5) is 0 Å². The molecule has 263 valence electrons. The molecule has 0 saturated carbocycles. The fourth-order valence-electron chi connectivity index (χ4n) is 8.50. The summed E-state index contributed by atoms with van der Waals surface area (Å²) in [5, 5.41) is 0. The number of nitrogens with zero attached hydrogens (tertiary/aromatic N) is 2. The van der Waals surface area contributed by atoms with E-state index in [1.54, 1.807) is 0 Å². The summed E-state index contributed by atoms with van der Waals surface area (Å²) in [7, 11) is 0. The Hall–Kier alpha value is -3.39. The molecule has 2 nitrogen and oxygen atoms in total. The molecule has 0 fully saturated rings. The Morgan fingerprint density at radius 2 is 1.06 bits per heavy atom. The first-order valence-electron chi connectivity index (χ1n) is 17.9. The monoisotopic (exact) mass is 840 g/mol. The van der Waals surface area contributed by atoms with Gasteiger partial charge in [-0.05, 0) is 85.6 Å². The van der Waals surface area contributed by atoms with E-state index < -0.39 is 0 Å². The number of rotatable bonds is 3. The first-order chi connectivity index (χ1) is 22.8. The molecule has 5 aromatic rings. The normalized spacial score (nSPS) is 19.3. The van der Waals surface area contributed by atoms with E-state index in [4.69, 9.17) is 4.98 Å². The smallest absolute Gasteiger partial charge is 0.0705 e. The maximum Gasteiger partial charge on any atom is 0.0705 e. The number of hydrogen-bond donors (Lipinski definition) is 0. The van der Waals surface area contributed by atoms with E-state index in [-0.39, 0.29) is 52.6 Å². The molecule has 2 heterocycles. The zero-order chi connectivity index (χ0) is 35.8. The van der Waals surface area contributed by atoms with Crippen LogP contribution in [0.1, 0.15) is 111 Å². The molecular weight excluding hydrogens is 785 g/mol. The summed E-state index contributed by atoms with van der Waals surface area (Å²) in [6, 6.07) is 33.7. The predicted molar refractivity (Wildman–Crippen MR) is 208 cm³/mol. The van der Waals surface area contributed by atoms with Gasteiger partial charge < -0.3 is 4.98 Å². The van der Waals surface area contributed by atoms with E-state index in [0.29, 0.717) is 0 Å². The number of hydrogen-bond acceptors (Lipinski definition) is 2. The average molecular weight is 840 g/mol. The maximum absolute atomic E-state index is 4.83. The number of aryl methyl sites for hydroxylation is 1. The Labute approximate surface area is 316 Å². The molecule has 0 atom stereocenters. The van der Waals surface area contributed by atoms with Crippen molar-refractivity contribution >= 4 is 0 Å². The van der Waals surface area contributed by atoms with Crippen LogP contribution in [0.2, 0.25) is 0 Å². The summed E-state index contributed by atoms with van der Waals surface area (Å²) in [5.41, 5.74) is 14.8. The minimum atomic E-state index is 0. The Bertz CT molecular complexity index is 2010. The van der Waals surface area contributed by atoms with Crippen molar-refractivity contribution in [3.63, 3.8) is 0 Å². The van der Waals surface area contributed by atoms with Crippen LogP contribution in [-0.4, -0.2) is 9.97 Å². The summed E-state index contributed by atoms with van der Waals surface area (Å²) in [5.74, 6) is 0. The van der Waals surface area contributed by atoms with Gasteiger partial charge in [0.15, 0.2) is 0 Å². The van der Waals surface area contributed by atoms with Gasteiger partial charge in [-0.15, -0.1) is 34.9 Å². The topological polar surface area (TPSA) is 25.8 Å². The molecule has 0 N–H and O–H groups in total. The summed E-state index contributed by atoms with van der Waals surface area (Å²) in [6.45, 7) is 30.7. The molecule has 1 radical (unpaired) electrons. The van der Waals surface area contributed by atoms with Crippen molar-refractivity contribution < 1.29 is 20.1 Å². The SMILES string of the molecule is CC1(C)c2c[c-]c(-c3ccccn3)cc2C(C)(C)C1(C)C.Cc1cc(-c2ccc3c(c2)C(C)(C)C(C)(C)C3(C)C)ncc1-c1ccccc1.[Ir]. The third kappa shape index (κ3) is 5.55. The fraction of sp³-hybridized carbons (Fsp3) is 0.404. The predicted octanol–water partition coefficient (Wildman–Crippen LogP) is 12.5. The third-order valence-corrected chi connectivity index (χ3v) is 14.3. The summed E-state index contributed by atoms with van der Waals surface area (Å²) in [4.78, 5) is 9.30. The van der Waals surface area contributed by atoms with Crippen LogP contribution in [0.3, 0.4) is 0 Å². The molecule has 2 aromatic heterocycles. The van der Waals surface area contributed by atoms with Gasteiger partial charge in [0.05, 0.1) is 5.69 Å². The first kappa shape index (κ1) is 37.9. The zero-order valence-electron chi connectivity index (χ0n) is 32.5. The second kappa shape index (κ2) is 12.7. The number of pyridine rings is 2. The quantitative estimate of drug-likeness (QED) is 0.169. The van der Waals surface area contributed by atoms with Crippen molar-refractivity contribution in [3.05, 3.63) is 131 Å². The second-order valence-corrected chi connectivity index (χ2v) is 17.6. The Morgan fingerprint density at radius 1 is 0.500 bits per heavy atom. The largest absolute Gasteiger partial charge is 0.305 e. The van der Waals surface area contributed by atoms with Crippen LogP contribution >= 0.6 is 0 Å². The van der Waals surface area contributed by atoms with Crippen molar-refractivity contribution in [1.82, 2.24) is 9.97 Å². The van der Waals surface area contributed by atoms with Crippen LogP contribution < -0.4 is 0 Å². The molecule has 3 heteroatoms. The maximum atomic E-state index is 4.83. The Morgan fingerprint density at radius 3 is 1.64 bits per heavy atom. The van der Waals surface area contributed by atoms with E-state index in [2.05, 4.69) is 174 Å².